The molecule has 0 saturated heterocycles. The van der Waals surface area contributed by atoms with Gasteiger partial charge in [0.25, 0.3) is 0 Å². The average Bonchev–Trinajstić information content (AvgIpc) is 2.82. The van der Waals surface area contributed by atoms with E-state index in [1.54, 1.807) is 0 Å². The van der Waals surface area contributed by atoms with Gasteiger partial charge in [-0.2, -0.15) is 0 Å². The van der Waals surface area contributed by atoms with Crippen molar-refractivity contribution in [2.24, 2.45) is 23.1 Å². The third-order valence-electron chi connectivity index (χ3n) is 5.76. The smallest absolute Gasteiger partial charge is 0.243 e. The van der Waals surface area contributed by atoms with Crippen LogP contribution in [-0.2, 0) is 30.4 Å². The first-order valence-corrected chi connectivity index (χ1v) is 12.7. The van der Waals surface area contributed by atoms with E-state index in [-0.39, 0.29) is 25.2 Å². The highest BCUT2D eigenvalue weighted by Crippen LogP contribution is 2.09. The van der Waals surface area contributed by atoms with E-state index in [2.05, 4.69) is 29.8 Å². The van der Waals surface area contributed by atoms with E-state index in [0.717, 1.165) is 12.0 Å². The normalized spacial score (nSPS) is 13.3. The number of nitrogens with two attached hydrogens (primary N) is 3. The molecule has 3 atom stereocenters. The van der Waals surface area contributed by atoms with Crippen molar-refractivity contribution in [3.63, 3.8) is 0 Å². The lowest BCUT2D eigenvalue weighted by atomic mass is 10.0. The number of benzene rings is 1. The van der Waals surface area contributed by atoms with Crippen molar-refractivity contribution in [1.29, 1.82) is 0 Å². The number of hydrogen-bond donors (Lipinski definition) is 6. The van der Waals surface area contributed by atoms with Crippen LogP contribution in [0.15, 0.2) is 30.3 Å². The number of carbonyl (C=O) groups excluding carboxylic acids is 5. The zero-order valence-corrected chi connectivity index (χ0v) is 21.8. The summed E-state index contributed by atoms with van der Waals surface area (Å²) < 4.78 is 0. The lowest BCUT2D eigenvalue weighted by Crippen LogP contribution is -2.57. The van der Waals surface area contributed by atoms with Gasteiger partial charge in [-0.3, -0.25) is 24.0 Å². The van der Waals surface area contributed by atoms with E-state index >= 15 is 0 Å². The van der Waals surface area contributed by atoms with Crippen molar-refractivity contribution in [3.05, 3.63) is 35.9 Å². The van der Waals surface area contributed by atoms with Gasteiger partial charge in [0.2, 0.25) is 29.5 Å². The molecule has 0 unspecified atom stereocenters. The molecule has 5 amide bonds. The molecule has 0 radical (unpaired) electrons. The van der Waals surface area contributed by atoms with Crippen LogP contribution in [0, 0.1) is 5.92 Å². The molecule has 0 bridgehead atoms. The van der Waals surface area contributed by atoms with Gasteiger partial charge < -0.3 is 33.2 Å². The van der Waals surface area contributed by atoms with Gasteiger partial charge in [-0.15, -0.1) is 0 Å². The van der Waals surface area contributed by atoms with Crippen LogP contribution >= 0.6 is 0 Å². The average molecular weight is 519 g/mol. The highest BCUT2D eigenvalue weighted by Gasteiger charge is 2.29. The van der Waals surface area contributed by atoms with Crippen molar-refractivity contribution < 1.29 is 24.0 Å². The number of hydrogen-bond acceptors (Lipinski definition) is 6. The summed E-state index contributed by atoms with van der Waals surface area (Å²) in [7, 11) is 0. The van der Waals surface area contributed by atoms with Crippen LogP contribution in [0.25, 0.3) is 0 Å². The standard InChI is InChI=1S/C26H42N6O5/c1-17(2)9-8-13-23(34)30-21(15-18-10-4-3-5-11-18)26(37)31-19(12-6-7-14-27)25(36)32-20(24(29)35)16-22(28)33/h3-5,10-11,17,19-21H,6-9,12-16,27H2,1-2H3,(H2,28,33)(H2,29,35)(H,30,34)(H,31,37)(H,32,36)/t19-,20-,21-/m0/s1. The summed E-state index contributed by atoms with van der Waals surface area (Å²) in [5.41, 5.74) is 16.8. The molecular formula is C26H42N6O5. The van der Waals surface area contributed by atoms with E-state index in [1.165, 1.54) is 0 Å². The van der Waals surface area contributed by atoms with Crippen molar-refractivity contribution in [2.75, 3.05) is 6.54 Å². The molecule has 0 spiro atoms. The molecular weight excluding hydrogens is 476 g/mol. The Hall–Kier alpha value is -3.47. The van der Waals surface area contributed by atoms with E-state index < -0.39 is 48.2 Å². The fourth-order valence-electron chi connectivity index (χ4n) is 3.73. The summed E-state index contributed by atoms with van der Waals surface area (Å²) in [4.78, 5) is 61.8. The van der Waals surface area contributed by atoms with Gasteiger partial charge in [0.15, 0.2) is 0 Å². The Labute approximate surface area is 218 Å². The SMILES string of the molecule is CC(C)CCCC(=O)N[C@@H](Cc1ccccc1)C(=O)N[C@@H](CCCCN)C(=O)N[C@@H](CC(N)=O)C(N)=O. The largest absolute Gasteiger partial charge is 0.370 e. The Morgan fingerprint density at radius 1 is 0.784 bits per heavy atom. The molecule has 11 nitrogen and oxygen atoms in total. The molecule has 1 aromatic rings. The van der Waals surface area contributed by atoms with Crippen molar-refractivity contribution >= 4 is 29.5 Å². The summed E-state index contributed by atoms with van der Waals surface area (Å²) in [6, 6.07) is 5.94. The number of nitrogens with one attached hydrogen (secondary N) is 3. The van der Waals surface area contributed by atoms with Crippen molar-refractivity contribution in [2.45, 2.75) is 83.3 Å². The number of unbranched alkanes of at least 4 members (excludes halogenated alkanes) is 1. The zero-order valence-electron chi connectivity index (χ0n) is 21.8. The van der Waals surface area contributed by atoms with E-state index in [4.69, 9.17) is 17.2 Å². The van der Waals surface area contributed by atoms with E-state index in [0.29, 0.717) is 31.7 Å². The van der Waals surface area contributed by atoms with Crippen LogP contribution in [0.3, 0.4) is 0 Å². The highest BCUT2D eigenvalue weighted by molar-refractivity contribution is 5.95. The summed E-state index contributed by atoms with van der Waals surface area (Å²) >= 11 is 0. The number of primary amides is 2. The van der Waals surface area contributed by atoms with Crippen LogP contribution in [0.5, 0.6) is 0 Å². The molecule has 0 heterocycles. The second-order valence-electron chi connectivity index (χ2n) is 9.58. The maximum atomic E-state index is 13.3. The van der Waals surface area contributed by atoms with E-state index in [1.807, 2.05) is 30.3 Å². The van der Waals surface area contributed by atoms with Gasteiger partial charge in [-0.1, -0.05) is 50.6 Å². The molecule has 206 valence electrons. The third kappa shape index (κ3) is 13.4. The monoisotopic (exact) mass is 518 g/mol. The second kappa shape index (κ2) is 17.1. The predicted molar refractivity (Wildman–Crippen MR) is 141 cm³/mol. The first-order chi connectivity index (χ1) is 17.5. The Kier molecular flexibility index (Phi) is 14.6. The lowest BCUT2D eigenvalue weighted by Gasteiger charge is -2.25. The minimum Gasteiger partial charge on any atom is -0.370 e. The van der Waals surface area contributed by atoms with Gasteiger partial charge in [0.05, 0.1) is 6.42 Å². The van der Waals surface area contributed by atoms with Crippen molar-refractivity contribution in [1.82, 2.24) is 16.0 Å². The summed E-state index contributed by atoms with van der Waals surface area (Å²) in [6.45, 7) is 4.55. The number of rotatable bonds is 18. The Bertz CT molecular complexity index is 893. The molecule has 0 fully saturated rings. The van der Waals surface area contributed by atoms with Crippen LogP contribution in [0.2, 0.25) is 0 Å². The third-order valence-corrected chi connectivity index (χ3v) is 5.76. The van der Waals surface area contributed by atoms with Gasteiger partial charge in [0, 0.05) is 12.8 Å². The first kappa shape index (κ1) is 31.6. The molecule has 37 heavy (non-hydrogen) atoms. The van der Waals surface area contributed by atoms with Crippen LogP contribution in [0.1, 0.15) is 64.4 Å². The topological polar surface area (TPSA) is 200 Å². The highest BCUT2D eigenvalue weighted by atomic mass is 16.2. The molecule has 0 aromatic heterocycles. The lowest BCUT2D eigenvalue weighted by molar-refractivity contribution is -0.134. The molecule has 0 saturated carbocycles. The minimum atomic E-state index is -1.31. The second-order valence-corrected chi connectivity index (χ2v) is 9.58. The molecule has 0 aliphatic heterocycles. The zero-order chi connectivity index (χ0) is 27.8. The van der Waals surface area contributed by atoms with E-state index in [9.17, 15) is 24.0 Å². The van der Waals surface area contributed by atoms with Gasteiger partial charge >= 0.3 is 0 Å². The molecule has 1 aromatic carbocycles. The van der Waals surface area contributed by atoms with Crippen LogP contribution in [-0.4, -0.2) is 54.2 Å². The molecule has 0 aliphatic carbocycles. The summed E-state index contributed by atoms with van der Waals surface area (Å²) in [5.74, 6) is -2.75. The fraction of sp³-hybridized carbons (Fsp3) is 0.577. The quantitative estimate of drug-likeness (QED) is 0.148. The maximum Gasteiger partial charge on any atom is 0.243 e. The van der Waals surface area contributed by atoms with Crippen LogP contribution < -0.4 is 33.2 Å². The van der Waals surface area contributed by atoms with Gasteiger partial charge in [-0.05, 0) is 43.7 Å². The maximum absolute atomic E-state index is 13.3. The van der Waals surface area contributed by atoms with Crippen LogP contribution in [0.4, 0.5) is 0 Å². The summed E-state index contributed by atoms with van der Waals surface area (Å²) in [6.07, 6.45) is 3.00. The summed E-state index contributed by atoms with van der Waals surface area (Å²) in [5, 5.41) is 7.90. The van der Waals surface area contributed by atoms with Gasteiger partial charge in [-0.25, -0.2) is 0 Å². The first-order valence-electron chi connectivity index (χ1n) is 12.7. The molecule has 9 N–H and O–H groups in total. The minimum absolute atomic E-state index is 0.227. The molecule has 11 heteroatoms. The fourth-order valence-corrected chi connectivity index (χ4v) is 3.73. The number of carbonyl (C=O) groups is 5. The molecule has 0 aliphatic rings. The molecule has 1 rings (SSSR count). The predicted octanol–water partition coefficient (Wildman–Crippen LogP) is -0.000500. The Morgan fingerprint density at radius 2 is 1.41 bits per heavy atom. The Balaban J connectivity index is 3.03. The van der Waals surface area contributed by atoms with Crippen molar-refractivity contribution in [3.8, 4) is 0 Å². The number of amides is 5. The Morgan fingerprint density at radius 3 is 1.97 bits per heavy atom. The van der Waals surface area contributed by atoms with Gasteiger partial charge in [0.1, 0.15) is 18.1 Å².